The zero-order valence-electron chi connectivity index (χ0n) is 18.1. The summed E-state index contributed by atoms with van der Waals surface area (Å²) < 4.78 is 16.2. The smallest absolute Gasteiger partial charge is 0.203 e. The summed E-state index contributed by atoms with van der Waals surface area (Å²) in [6.45, 7) is 0. The van der Waals surface area contributed by atoms with E-state index in [2.05, 4.69) is 5.32 Å². The van der Waals surface area contributed by atoms with Gasteiger partial charge in [-0.05, 0) is 41.5 Å². The number of ketones is 1. The quantitative estimate of drug-likeness (QED) is 0.234. The standard InChI is InChI=1S/C26H24ClNO4/c1-30-24-15-18(16-25(31-2)26(24)32-3)11-12-19-7-4-5-10-22(19)28-14-13-23(29)20-8-6-9-21(27)17-20/h4-17,28H,1-3H3. The van der Waals surface area contributed by atoms with E-state index in [-0.39, 0.29) is 5.78 Å². The van der Waals surface area contributed by atoms with E-state index in [0.717, 1.165) is 16.8 Å². The molecule has 3 rings (SSSR count). The minimum atomic E-state index is -0.134. The topological polar surface area (TPSA) is 56.8 Å². The van der Waals surface area contributed by atoms with Gasteiger partial charge in [0.15, 0.2) is 17.3 Å². The second-order valence-electron chi connectivity index (χ2n) is 6.73. The van der Waals surface area contributed by atoms with E-state index in [0.29, 0.717) is 27.8 Å². The third kappa shape index (κ3) is 5.71. The van der Waals surface area contributed by atoms with Crippen LogP contribution in [0.5, 0.6) is 17.2 Å². The normalized spacial score (nSPS) is 11.0. The van der Waals surface area contributed by atoms with E-state index >= 15 is 0 Å². The number of carbonyl (C=O) groups is 1. The van der Waals surface area contributed by atoms with Crippen molar-refractivity contribution in [3.05, 3.63) is 94.7 Å². The van der Waals surface area contributed by atoms with Crippen LogP contribution in [-0.4, -0.2) is 27.1 Å². The highest BCUT2D eigenvalue weighted by atomic mass is 35.5. The fourth-order valence-corrected chi connectivity index (χ4v) is 3.29. The van der Waals surface area contributed by atoms with Gasteiger partial charge in [0, 0.05) is 28.5 Å². The summed E-state index contributed by atoms with van der Waals surface area (Å²) >= 11 is 5.96. The number of carbonyl (C=O) groups excluding carboxylic acids is 1. The predicted molar refractivity (Wildman–Crippen MR) is 130 cm³/mol. The van der Waals surface area contributed by atoms with Gasteiger partial charge in [-0.2, -0.15) is 0 Å². The molecular formula is C26H24ClNO4. The molecule has 32 heavy (non-hydrogen) atoms. The van der Waals surface area contributed by atoms with Crippen LogP contribution >= 0.6 is 11.6 Å². The molecule has 5 nitrogen and oxygen atoms in total. The van der Waals surface area contributed by atoms with Crippen molar-refractivity contribution in [1.82, 2.24) is 0 Å². The maximum Gasteiger partial charge on any atom is 0.203 e. The minimum absolute atomic E-state index is 0.134. The molecule has 3 aromatic rings. The summed E-state index contributed by atoms with van der Waals surface area (Å²) in [4.78, 5) is 12.3. The number of benzene rings is 3. The molecule has 0 saturated carbocycles. The summed E-state index contributed by atoms with van der Waals surface area (Å²) in [7, 11) is 4.74. The Morgan fingerprint density at radius 3 is 2.25 bits per heavy atom. The van der Waals surface area contributed by atoms with Crippen LogP contribution in [0.25, 0.3) is 12.2 Å². The zero-order chi connectivity index (χ0) is 22.9. The second-order valence-corrected chi connectivity index (χ2v) is 7.17. The molecule has 0 bridgehead atoms. The van der Waals surface area contributed by atoms with Crippen LogP contribution in [0.4, 0.5) is 5.69 Å². The molecule has 0 aromatic heterocycles. The summed E-state index contributed by atoms with van der Waals surface area (Å²) in [6.07, 6.45) is 7.02. The lowest BCUT2D eigenvalue weighted by Crippen LogP contribution is -1.97. The van der Waals surface area contributed by atoms with Crippen LogP contribution in [-0.2, 0) is 0 Å². The molecule has 0 saturated heterocycles. The molecule has 6 heteroatoms. The van der Waals surface area contributed by atoms with Crippen LogP contribution in [0.1, 0.15) is 21.5 Å². The highest BCUT2D eigenvalue weighted by molar-refractivity contribution is 6.31. The van der Waals surface area contributed by atoms with Crippen molar-refractivity contribution >= 4 is 35.2 Å². The first kappa shape index (κ1) is 23.0. The molecule has 0 atom stereocenters. The lowest BCUT2D eigenvalue weighted by molar-refractivity contribution is 0.104. The number of hydrogen-bond acceptors (Lipinski definition) is 5. The van der Waals surface area contributed by atoms with Crippen molar-refractivity contribution in [2.24, 2.45) is 0 Å². The van der Waals surface area contributed by atoms with Gasteiger partial charge in [0.25, 0.3) is 0 Å². The molecular weight excluding hydrogens is 426 g/mol. The Labute approximate surface area is 192 Å². The number of ether oxygens (including phenoxy) is 3. The van der Waals surface area contributed by atoms with E-state index in [1.165, 1.54) is 6.08 Å². The average Bonchev–Trinajstić information content (AvgIpc) is 2.82. The molecule has 0 heterocycles. The van der Waals surface area contributed by atoms with E-state index in [4.69, 9.17) is 25.8 Å². The Kier molecular flexibility index (Phi) is 7.95. The third-order valence-corrected chi connectivity index (χ3v) is 4.92. The van der Waals surface area contributed by atoms with E-state index in [1.54, 1.807) is 51.8 Å². The van der Waals surface area contributed by atoms with Gasteiger partial charge in [0.1, 0.15) is 0 Å². The van der Waals surface area contributed by atoms with Crippen molar-refractivity contribution in [3.8, 4) is 17.2 Å². The lowest BCUT2D eigenvalue weighted by atomic mass is 10.1. The van der Waals surface area contributed by atoms with Crippen molar-refractivity contribution in [2.75, 3.05) is 26.6 Å². The first-order chi connectivity index (χ1) is 15.5. The van der Waals surface area contributed by atoms with Gasteiger partial charge >= 0.3 is 0 Å². The van der Waals surface area contributed by atoms with Gasteiger partial charge in [-0.1, -0.05) is 54.1 Å². The molecule has 3 aromatic carbocycles. The highest BCUT2D eigenvalue weighted by Gasteiger charge is 2.12. The Bertz CT molecular complexity index is 1130. The fourth-order valence-electron chi connectivity index (χ4n) is 3.10. The Balaban J connectivity index is 1.78. The maximum absolute atomic E-state index is 12.3. The van der Waals surface area contributed by atoms with Crippen LogP contribution in [0.2, 0.25) is 5.02 Å². The van der Waals surface area contributed by atoms with Crippen molar-refractivity contribution < 1.29 is 19.0 Å². The molecule has 0 amide bonds. The van der Waals surface area contributed by atoms with E-state index in [9.17, 15) is 4.79 Å². The van der Waals surface area contributed by atoms with Crippen LogP contribution < -0.4 is 19.5 Å². The van der Waals surface area contributed by atoms with E-state index < -0.39 is 0 Å². The summed E-state index contributed by atoms with van der Waals surface area (Å²) in [5.74, 6) is 1.58. The molecule has 0 radical (unpaired) electrons. The number of allylic oxidation sites excluding steroid dienone is 1. The number of rotatable bonds is 9. The number of hydrogen-bond donors (Lipinski definition) is 1. The molecule has 0 aliphatic carbocycles. The van der Waals surface area contributed by atoms with Gasteiger partial charge in [-0.15, -0.1) is 0 Å². The van der Waals surface area contributed by atoms with Crippen LogP contribution in [0, 0.1) is 0 Å². The Hall–Kier alpha value is -3.70. The average molecular weight is 450 g/mol. The molecule has 0 fully saturated rings. The van der Waals surface area contributed by atoms with Crippen molar-refractivity contribution in [3.63, 3.8) is 0 Å². The highest BCUT2D eigenvalue weighted by Crippen LogP contribution is 2.38. The molecule has 0 aliphatic heterocycles. The van der Waals surface area contributed by atoms with E-state index in [1.807, 2.05) is 48.6 Å². The molecule has 0 aliphatic rings. The summed E-state index contributed by atoms with van der Waals surface area (Å²) in [5, 5.41) is 3.70. The van der Waals surface area contributed by atoms with Crippen LogP contribution in [0.15, 0.2) is 72.9 Å². The molecule has 0 unspecified atom stereocenters. The maximum atomic E-state index is 12.3. The number of halogens is 1. The van der Waals surface area contributed by atoms with Crippen molar-refractivity contribution in [2.45, 2.75) is 0 Å². The number of methoxy groups -OCH3 is 3. The Morgan fingerprint density at radius 2 is 1.59 bits per heavy atom. The predicted octanol–water partition coefficient (Wildman–Crippen LogP) is 6.34. The second kappa shape index (κ2) is 11.1. The fraction of sp³-hybridized carbons (Fsp3) is 0.115. The van der Waals surface area contributed by atoms with Gasteiger partial charge in [0.2, 0.25) is 5.75 Å². The van der Waals surface area contributed by atoms with Gasteiger partial charge in [0.05, 0.1) is 21.3 Å². The SMILES string of the molecule is COc1cc(C=Cc2ccccc2NC=CC(=O)c2cccc(Cl)c2)cc(OC)c1OC. The summed E-state index contributed by atoms with van der Waals surface area (Å²) in [6, 6.07) is 18.4. The monoisotopic (exact) mass is 449 g/mol. The largest absolute Gasteiger partial charge is 0.493 e. The Morgan fingerprint density at radius 1 is 0.875 bits per heavy atom. The van der Waals surface area contributed by atoms with Crippen LogP contribution in [0.3, 0.4) is 0 Å². The van der Waals surface area contributed by atoms with Crippen molar-refractivity contribution in [1.29, 1.82) is 0 Å². The molecule has 164 valence electrons. The minimum Gasteiger partial charge on any atom is -0.493 e. The number of anilines is 1. The summed E-state index contributed by atoms with van der Waals surface area (Å²) in [5.41, 5.74) is 3.22. The third-order valence-electron chi connectivity index (χ3n) is 4.69. The lowest BCUT2D eigenvalue weighted by Gasteiger charge is -2.13. The zero-order valence-corrected chi connectivity index (χ0v) is 18.8. The van der Waals surface area contributed by atoms with Gasteiger partial charge in [-0.25, -0.2) is 0 Å². The first-order valence-electron chi connectivity index (χ1n) is 9.86. The number of para-hydroxylation sites is 1. The van der Waals surface area contributed by atoms with Gasteiger partial charge in [-0.3, -0.25) is 4.79 Å². The molecule has 1 N–H and O–H groups in total. The number of nitrogens with one attached hydrogen (secondary N) is 1. The molecule has 0 spiro atoms. The first-order valence-corrected chi connectivity index (χ1v) is 10.2. The van der Waals surface area contributed by atoms with Gasteiger partial charge < -0.3 is 19.5 Å².